The van der Waals surface area contributed by atoms with Crippen LogP contribution in [0.3, 0.4) is 0 Å². The first-order valence-electron chi connectivity index (χ1n) is 7.37. The fourth-order valence-electron chi connectivity index (χ4n) is 2.17. The van der Waals surface area contributed by atoms with Crippen LogP contribution in [-0.2, 0) is 4.79 Å². The molecule has 0 bridgehead atoms. The average molecular weight is 300 g/mol. The summed E-state index contributed by atoms with van der Waals surface area (Å²) in [6.07, 6.45) is 4.93. The molecule has 1 heterocycles. The maximum atomic E-state index is 12.3. The molecule has 0 unspecified atom stereocenters. The monoisotopic (exact) mass is 300 g/mol. The van der Waals surface area contributed by atoms with Crippen LogP contribution in [0, 0.1) is 0 Å². The second-order valence-electron chi connectivity index (χ2n) is 4.81. The Morgan fingerprint density at radius 1 is 1.18 bits per heavy atom. The van der Waals surface area contributed by atoms with Gasteiger partial charge < -0.3 is 9.64 Å². The van der Waals surface area contributed by atoms with Crippen molar-refractivity contribution in [1.82, 2.24) is 9.80 Å². The van der Waals surface area contributed by atoms with Gasteiger partial charge in [-0.15, -0.1) is 0 Å². The molecule has 2 rings (SSSR count). The third-order valence-corrected chi connectivity index (χ3v) is 3.38. The van der Waals surface area contributed by atoms with Crippen LogP contribution in [0.2, 0.25) is 0 Å². The quantitative estimate of drug-likeness (QED) is 0.858. The highest BCUT2D eigenvalue weighted by Crippen LogP contribution is 2.17. The van der Waals surface area contributed by atoms with Gasteiger partial charge in [-0.2, -0.15) is 0 Å². The standard InChI is InChI=1S/C17H20N2O3/c1-3-18(4-2)16(20)14-9-8-12-19(13-14)17(21)22-15-10-6-5-7-11-15/h5-8,10-13H,3-4,9H2,1-2H3. The first-order chi connectivity index (χ1) is 10.7. The lowest BCUT2D eigenvalue weighted by atomic mass is 10.1. The molecule has 1 aromatic rings. The van der Waals surface area contributed by atoms with Gasteiger partial charge in [0.25, 0.3) is 5.91 Å². The van der Waals surface area contributed by atoms with E-state index < -0.39 is 6.09 Å². The summed E-state index contributed by atoms with van der Waals surface area (Å²) < 4.78 is 5.26. The van der Waals surface area contributed by atoms with Gasteiger partial charge in [0.05, 0.1) is 0 Å². The van der Waals surface area contributed by atoms with Crippen LogP contribution in [0.25, 0.3) is 0 Å². The predicted molar refractivity (Wildman–Crippen MR) is 84.1 cm³/mol. The van der Waals surface area contributed by atoms with Gasteiger partial charge in [0, 0.05) is 31.1 Å². The summed E-state index contributed by atoms with van der Waals surface area (Å²) in [4.78, 5) is 27.5. The van der Waals surface area contributed by atoms with E-state index in [2.05, 4.69) is 0 Å². The smallest absolute Gasteiger partial charge is 0.410 e. The summed E-state index contributed by atoms with van der Waals surface area (Å²) in [5.41, 5.74) is 0.580. The number of hydrogen-bond acceptors (Lipinski definition) is 3. The first-order valence-corrected chi connectivity index (χ1v) is 7.37. The van der Waals surface area contributed by atoms with E-state index in [-0.39, 0.29) is 5.91 Å². The van der Waals surface area contributed by atoms with Crippen molar-refractivity contribution in [2.45, 2.75) is 20.3 Å². The number of likely N-dealkylation sites (N-methyl/N-ethyl adjacent to an activating group) is 1. The molecule has 5 nitrogen and oxygen atoms in total. The number of ether oxygens (including phenoxy) is 1. The molecule has 0 N–H and O–H groups in total. The van der Waals surface area contributed by atoms with E-state index >= 15 is 0 Å². The summed E-state index contributed by atoms with van der Waals surface area (Å²) in [5, 5.41) is 0. The number of hydrogen-bond donors (Lipinski definition) is 0. The zero-order valence-corrected chi connectivity index (χ0v) is 12.9. The van der Waals surface area contributed by atoms with Crippen molar-refractivity contribution in [1.29, 1.82) is 0 Å². The van der Waals surface area contributed by atoms with E-state index in [0.717, 1.165) is 0 Å². The Morgan fingerprint density at radius 3 is 2.50 bits per heavy atom. The normalized spacial score (nSPS) is 13.5. The molecule has 0 aliphatic carbocycles. The molecule has 0 fully saturated rings. The molecule has 2 amide bonds. The highest BCUT2D eigenvalue weighted by molar-refractivity contribution is 5.94. The van der Waals surface area contributed by atoms with Crippen molar-refractivity contribution in [2.24, 2.45) is 0 Å². The zero-order valence-electron chi connectivity index (χ0n) is 12.9. The van der Waals surface area contributed by atoms with Gasteiger partial charge in [-0.05, 0) is 32.4 Å². The Labute approximate surface area is 130 Å². The Balaban J connectivity index is 2.08. The van der Waals surface area contributed by atoms with Crippen molar-refractivity contribution < 1.29 is 14.3 Å². The van der Waals surface area contributed by atoms with Gasteiger partial charge in [0.1, 0.15) is 5.75 Å². The molecule has 22 heavy (non-hydrogen) atoms. The third kappa shape index (κ3) is 3.75. The van der Waals surface area contributed by atoms with Gasteiger partial charge in [-0.1, -0.05) is 24.3 Å². The minimum atomic E-state index is -0.535. The molecular weight excluding hydrogens is 280 g/mol. The molecule has 1 aliphatic heterocycles. The topological polar surface area (TPSA) is 49.9 Å². The number of rotatable bonds is 4. The molecular formula is C17H20N2O3. The highest BCUT2D eigenvalue weighted by atomic mass is 16.6. The van der Waals surface area contributed by atoms with E-state index in [9.17, 15) is 9.59 Å². The van der Waals surface area contributed by atoms with Crippen molar-refractivity contribution in [3.63, 3.8) is 0 Å². The lowest BCUT2D eigenvalue weighted by Gasteiger charge is -2.23. The van der Waals surface area contributed by atoms with E-state index in [0.29, 0.717) is 30.8 Å². The fourth-order valence-corrected chi connectivity index (χ4v) is 2.17. The number of para-hydroxylation sites is 1. The maximum Gasteiger partial charge on any atom is 0.423 e. The summed E-state index contributed by atoms with van der Waals surface area (Å²) in [6, 6.07) is 8.84. The second-order valence-corrected chi connectivity index (χ2v) is 4.81. The number of carbonyl (C=O) groups excluding carboxylic acids is 2. The molecule has 0 saturated heterocycles. The second kappa shape index (κ2) is 7.45. The van der Waals surface area contributed by atoms with Crippen molar-refractivity contribution in [2.75, 3.05) is 13.1 Å². The molecule has 116 valence electrons. The summed E-state index contributed by atoms with van der Waals surface area (Å²) in [7, 11) is 0. The van der Waals surface area contributed by atoms with Gasteiger partial charge in [0.2, 0.25) is 0 Å². The summed E-state index contributed by atoms with van der Waals surface area (Å²) in [6.45, 7) is 5.15. The lowest BCUT2D eigenvalue weighted by molar-refractivity contribution is -0.126. The number of allylic oxidation sites excluding steroid dienone is 1. The van der Waals surface area contributed by atoms with E-state index in [1.165, 1.54) is 4.90 Å². The average Bonchev–Trinajstić information content (AvgIpc) is 2.57. The first kappa shape index (κ1) is 15.8. The third-order valence-electron chi connectivity index (χ3n) is 3.38. The Hall–Kier alpha value is -2.56. The van der Waals surface area contributed by atoms with E-state index in [1.807, 2.05) is 19.9 Å². The van der Waals surface area contributed by atoms with Crippen LogP contribution in [-0.4, -0.2) is 34.9 Å². The maximum absolute atomic E-state index is 12.3. The van der Waals surface area contributed by atoms with Crippen LogP contribution in [0.4, 0.5) is 4.79 Å². The van der Waals surface area contributed by atoms with Crippen LogP contribution in [0.15, 0.2) is 54.4 Å². The van der Waals surface area contributed by atoms with Crippen molar-refractivity contribution in [3.05, 3.63) is 54.4 Å². The highest BCUT2D eigenvalue weighted by Gasteiger charge is 2.21. The van der Waals surface area contributed by atoms with Crippen molar-refractivity contribution >= 4 is 12.0 Å². The fraction of sp³-hybridized carbons (Fsp3) is 0.294. The summed E-state index contributed by atoms with van der Waals surface area (Å²) in [5.74, 6) is 0.420. The Kier molecular flexibility index (Phi) is 5.36. The molecule has 0 saturated carbocycles. The molecule has 0 spiro atoms. The van der Waals surface area contributed by atoms with Crippen LogP contribution in [0.5, 0.6) is 5.75 Å². The Morgan fingerprint density at radius 2 is 1.86 bits per heavy atom. The molecule has 0 radical (unpaired) electrons. The lowest BCUT2D eigenvalue weighted by Crippen LogP contribution is -2.34. The van der Waals surface area contributed by atoms with Gasteiger partial charge in [-0.3, -0.25) is 9.69 Å². The number of amides is 2. The van der Waals surface area contributed by atoms with Crippen LogP contribution in [0.1, 0.15) is 20.3 Å². The minimum absolute atomic E-state index is 0.0492. The van der Waals surface area contributed by atoms with Crippen LogP contribution < -0.4 is 4.74 Å². The zero-order chi connectivity index (χ0) is 15.9. The molecule has 5 heteroatoms. The molecule has 0 aromatic heterocycles. The van der Waals surface area contributed by atoms with E-state index in [4.69, 9.17) is 4.74 Å². The number of carbonyl (C=O) groups is 2. The van der Waals surface area contributed by atoms with Gasteiger partial charge >= 0.3 is 6.09 Å². The van der Waals surface area contributed by atoms with Crippen molar-refractivity contribution in [3.8, 4) is 5.75 Å². The summed E-state index contributed by atoms with van der Waals surface area (Å²) >= 11 is 0. The molecule has 1 aromatic carbocycles. The molecule has 0 atom stereocenters. The van der Waals surface area contributed by atoms with Gasteiger partial charge in [0.15, 0.2) is 0 Å². The largest absolute Gasteiger partial charge is 0.423 e. The number of nitrogens with zero attached hydrogens (tertiary/aromatic N) is 2. The predicted octanol–water partition coefficient (Wildman–Crippen LogP) is 3.16. The number of benzene rings is 1. The molecule has 1 aliphatic rings. The van der Waals surface area contributed by atoms with Gasteiger partial charge in [-0.25, -0.2) is 4.79 Å². The van der Waals surface area contributed by atoms with E-state index in [1.54, 1.807) is 47.6 Å². The Bertz CT molecular complexity index is 589. The van der Waals surface area contributed by atoms with Crippen LogP contribution >= 0.6 is 0 Å². The minimum Gasteiger partial charge on any atom is -0.410 e. The SMILES string of the molecule is CCN(CC)C(=O)C1=CN(C(=O)Oc2ccccc2)C=CC1.